The van der Waals surface area contributed by atoms with E-state index in [1.807, 2.05) is 11.4 Å². The Kier molecular flexibility index (Phi) is 5.12. The molecule has 1 aromatic carbocycles. The maximum absolute atomic E-state index is 12.9. The van der Waals surface area contributed by atoms with Crippen molar-refractivity contribution in [2.75, 3.05) is 6.54 Å². The highest BCUT2D eigenvalue weighted by molar-refractivity contribution is 7.89. The van der Waals surface area contributed by atoms with Gasteiger partial charge in [-0.05, 0) is 48.6 Å². The number of aliphatic carboxylic acids is 1. The number of amides is 1. The molecule has 0 aliphatic carbocycles. The van der Waals surface area contributed by atoms with Crippen LogP contribution in [0.3, 0.4) is 0 Å². The highest BCUT2D eigenvalue weighted by Crippen LogP contribution is 2.28. The first-order valence-electron chi connectivity index (χ1n) is 7.98. The van der Waals surface area contributed by atoms with Crippen LogP contribution >= 0.6 is 11.3 Å². The Labute approximate surface area is 155 Å². The zero-order valence-electron chi connectivity index (χ0n) is 14.0. The Morgan fingerprint density at radius 2 is 2.08 bits per heavy atom. The summed E-state index contributed by atoms with van der Waals surface area (Å²) >= 11 is 1.63. The molecule has 2 heterocycles. The van der Waals surface area contributed by atoms with Crippen LogP contribution in [0.2, 0.25) is 0 Å². The maximum atomic E-state index is 12.9. The average Bonchev–Trinajstić information content (AvgIpc) is 3.09. The van der Waals surface area contributed by atoms with Crippen LogP contribution in [0.1, 0.15) is 27.7 Å². The molecule has 0 fully saturated rings. The van der Waals surface area contributed by atoms with Crippen LogP contribution in [0.4, 0.5) is 0 Å². The van der Waals surface area contributed by atoms with Gasteiger partial charge in [-0.15, -0.1) is 11.3 Å². The van der Waals surface area contributed by atoms with E-state index in [9.17, 15) is 18.0 Å². The van der Waals surface area contributed by atoms with Gasteiger partial charge in [0.25, 0.3) is 5.91 Å². The number of nitrogens with zero attached hydrogens (tertiary/aromatic N) is 1. The molecule has 1 aliphatic rings. The number of hydrogen-bond donors (Lipinski definition) is 2. The van der Waals surface area contributed by atoms with Gasteiger partial charge in [-0.1, -0.05) is 6.07 Å². The van der Waals surface area contributed by atoms with E-state index in [0.717, 1.165) is 5.56 Å². The van der Waals surface area contributed by atoms with Crippen molar-refractivity contribution in [1.82, 2.24) is 9.62 Å². The van der Waals surface area contributed by atoms with Crippen molar-refractivity contribution < 1.29 is 23.1 Å². The minimum Gasteiger partial charge on any atom is -0.480 e. The third-order valence-corrected chi connectivity index (χ3v) is 7.09. The number of carboxylic acid groups (broad SMARTS) is 1. The average molecular weight is 394 g/mol. The van der Waals surface area contributed by atoms with Crippen molar-refractivity contribution in [2.45, 2.75) is 30.8 Å². The van der Waals surface area contributed by atoms with Crippen LogP contribution in [-0.4, -0.2) is 42.3 Å². The molecule has 26 heavy (non-hydrogen) atoms. The number of nitrogens with one attached hydrogen (secondary N) is 1. The van der Waals surface area contributed by atoms with Gasteiger partial charge in [0.2, 0.25) is 10.0 Å². The van der Waals surface area contributed by atoms with Crippen LogP contribution in [-0.2, 0) is 27.8 Å². The molecule has 2 aromatic rings. The normalized spacial score (nSPS) is 15.9. The van der Waals surface area contributed by atoms with E-state index in [1.54, 1.807) is 11.3 Å². The summed E-state index contributed by atoms with van der Waals surface area (Å²) in [7, 11) is -3.74. The van der Waals surface area contributed by atoms with Crippen molar-refractivity contribution in [3.8, 4) is 0 Å². The molecule has 0 bridgehead atoms. The lowest BCUT2D eigenvalue weighted by atomic mass is 10.1. The van der Waals surface area contributed by atoms with E-state index in [0.29, 0.717) is 19.5 Å². The third kappa shape index (κ3) is 3.64. The predicted octanol–water partition coefficient (Wildman–Crippen LogP) is 1.70. The predicted molar refractivity (Wildman–Crippen MR) is 96.6 cm³/mol. The van der Waals surface area contributed by atoms with Crippen molar-refractivity contribution >= 4 is 33.2 Å². The topological polar surface area (TPSA) is 104 Å². The number of carboxylic acids is 1. The molecule has 0 spiro atoms. The van der Waals surface area contributed by atoms with Crippen LogP contribution < -0.4 is 5.32 Å². The first kappa shape index (κ1) is 18.6. The number of carbonyl (C=O) groups excluding carboxylic acids is 1. The van der Waals surface area contributed by atoms with Gasteiger partial charge < -0.3 is 10.4 Å². The van der Waals surface area contributed by atoms with Crippen LogP contribution in [0.25, 0.3) is 0 Å². The first-order chi connectivity index (χ1) is 12.3. The molecule has 1 amide bonds. The summed E-state index contributed by atoms with van der Waals surface area (Å²) in [6.07, 6.45) is 0.669. The first-order valence-corrected chi connectivity index (χ1v) is 10.3. The van der Waals surface area contributed by atoms with Gasteiger partial charge in [0.1, 0.15) is 6.04 Å². The molecule has 2 N–H and O–H groups in total. The SMILES string of the molecule is C[C@H](NC(=O)c1cccc(S(=O)(=O)N2CCc3sccc3C2)c1)C(=O)O. The van der Waals surface area contributed by atoms with Gasteiger partial charge in [-0.3, -0.25) is 9.59 Å². The van der Waals surface area contributed by atoms with Crippen molar-refractivity contribution in [3.05, 3.63) is 51.7 Å². The standard InChI is InChI=1S/C17H18N2O5S2/c1-11(17(21)22)18-16(20)12-3-2-4-14(9-12)26(23,24)19-7-5-15-13(10-19)6-8-25-15/h2-4,6,8-9,11H,5,7,10H2,1H3,(H,18,20)(H,21,22)/t11-/m0/s1. The van der Waals surface area contributed by atoms with Gasteiger partial charge in [-0.2, -0.15) is 4.31 Å². The number of fused-ring (bicyclic) bond motifs is 1. The third-order valence-electron chi connectivity index (χ3n) is 4.22. The Balaban J connectivity index is 1.83. The summed E-state index contributed by atoms with van der Waals surface area (Å²) in [6, 6.07) is 6.52. The minimum absolute atomic E-state index is 0.0202. The highest BCUT2D eigenvalue weighted by Gasteiger charge is 2.29. The van der Waals surface area contributed by atoms with Gasteiger partial charge in [-0.25, -0.2) is 8.42 Å². The van der Waals surface area contributed by atoms with Crippen LogP contribution in [0.5, 0.6) is 0 Å². The molecule has 1 aliphatic heterocycles. The van der Waals surface area contributed by atoms with Gasteiger partial charge in [0, 0.05) is 23.5 Å². The fourth-order valence-corrected chi connectivity index (χ4v) is 5.07. The number of sulfonamides is 1. The molecule has 0 saturated heterocycles. The summed E-state index contributed by atoms with van der Waals surface area (Å²) in [5.74, 6) is -1.79. The van der Waals surface area contributed by atoms with Crippen molar-refractivity contribution in [3.63, 3.8) is 0 Å². The second-order valence-electron chi connectivity index (χ2n) is 6.02. The lowest BCUT2D eigenvalue weighted by Gasteiger charge is -2.26. The summed E-state index contributed by atoms with van der Waals surface area (Å²) in [4.78, 5) is 24.2. The minimum atomic E-state index is -3.74. The highest BCUT2D eigenvalue weighted by atomic mass is 32.2. The summed E-state index contributed by atoms with van der Waals surface area (Å²) in [6.45, 7) is 2.04. The monoisotopic (exact) mass is 394 g/mol. The Morgan fingerprint density at radius 3 is 2.81 bits per heavy atom. The summed E-state index contributed by atoms with van der Waals surface area (Å²) in [5.41, 5.74) is 1.11. The van der Waals surface area contributed by atoms with E-state index in [4.69, 9.17) is 5.11 Å². The quantitative estimate of drug-likeness (QED) is 0.803. The smallest absolute Gasteiger partial charge is 0.325 e. The van der Waals surface area contributed by atoms with E-state index in [2.05, 4.69) is 5.32 Å². The van der Waals surface area contributed by atoms with E-state index < -0.39 is 27.9 Å². The zero-order valence-corrected chi connectivity index (χ0v) is 15.6. The molecule has 3 rings (SSSR count). The lowest BCUT2D eigenvalue weighted by molar-refractivity contribution is -0.138. The second-order valence-corrected chi connectivity index (χ2v) is 8.96. The van der Waals surface area contributed by atoms with E-state index >= 15 is 0 Å². The molecule has 9 heteroatoms. The van der Waals surface area contributed by atoms with Crippen molar-refractivity contribution in [1.29, 1.82) is 0 Å². The molecular formula is C17H18N2O5S2. The number of thiophene rings is 1. The molecule has 0 radical (unpaired) electrons. The van der Waals surface area contributed by atoms with Gasteiger partial charge >= 0.3 is 5.97 Å². The Bertz CT molecular complexity index is 952. The van der Waals surface area contributed by atoms with Crippen LogP contribution in [0.15, 0.2) is 40.6 Å². The number of carbonyl (C=O) groups is 2. The van der Waals surface area contributed by atoms with Gasteiger partial charge in [0.05, 0.1) is 4.90 Å². The molecule has 1 aromatic heterocycles. The Morgan fingerprint density at radius 1 is 1.31 bits per heavy atom. The molecule has 0 unspecified atom stereocenters. The molecular weight excluding hydrogens is 376 g/mol. The molecule has 7 nitrogen and oxygen atoms in total. The number of rotatable bonds is 5. The van der Waals surface area contributed by atoms with Crippen LogP contribution in [0, 0.1) is 0 Å². The lowest BCUT2D eigenvalue weighted by Crippen LogP contribution is -2.38. The van der Waals surface area contributed by atoms with E-state index in [1.165, 1.54) is 40.4 Å². The Hall–Kier alpha value is -2.23. The fraction of sp³-hybridized carbons (Fsp3) is 0.294. The molecule has 0 saturated carbocycles. The van der Waals surface area contributed by atoms with Gasteiger partial charge in [0.15, 0.2) is 0 Å². The summed E-state index contributed by atoms with van der Waals surface area (Å²) in [5, 5.41) is 13.1. The zero-order chi connectivity index (χ0) is 18.9. The summed E-state index contributed by atoms with van der Waals surface area (Å²) < 4.78 is 27.3. The maximum Gasteiger partial charge on any atom is 0.325 e. The molecule has 138 valence electrons. The molecule has 1 atom stereocenters. The van der Waals surface area contributed by atoms with Crippen molar-refractivity contribution in [2.24, 2.45) is 0 Å². The fourth-order valence-electron chi connectivity index (χ4n) is 2.72. The largest absolute Gasteiger partial charge is 0.480 e. The number of benzene rings is 1. The number of hydrogen-bond acceptors (Lipinski definition) is 5. The second kappa shape index (κ2) is 7.18. The van der Waals surface area contributed by atoms with E-state index in [-0.39, 0.29) is 10.5 Å².